The molecule has 31 heavy (non-hydrogen) atoms. The summed E-state index contributed by atoms with van der Waals surface area (Å²) in [5, 5.41) is 5.50. The van der Waals surface area contributed by atoms with Crippen molar-refractivity contribution in [2.75, 3.05) is 13.1 Å². The Morgan fingerprint density at radius 3 is 2.32 bits per heavy atom. The molecular formula is C22H26FN5O3. The summed E-state index contributed by atoms with van der Waals surface area (Å²) in [5.41, 5.74) is -0.229. The van der Waals surface area contributed by atoms with Gasteiger partial charge in [0.1, 0.15) is 17.7 Å². The quantitative estimate of drug-likeness (QED) is 0.672. The summed E-state index contributed by atoms with van der Waals surface area (Å²) >= 11 is 0. The number of nitrogens with one attached hydrogen (secondary N) is 2. The Balaban J connectivity index is 1.67. The molecule has 0 radical (unpaired) electrons. The Kier molecular flexibility index (Phi) is 6.62. The number of carbonyl (C=O) groups is 3. The Bertz CT molecular complexity index is 974. The monoisotopic (exact) mass is 427 g/mol. The van der Waals surface area contributed by atoms with Crippen LogP contribution in [-0.4, -0.2) is 51.2 Å². The molecule has 164 valence electrons. The molecule has 1 heterocycles. The summed E-state index contributed by atoms with van der Waals surface area (Å²) in [6, 6.07) is 3.63. The maximum atomic E-state index is 14.7. The van der Waals surface area contributed by atoms with Gasteiger partial charge >= 0.3 is 0 Å². The Morgan fingerprint density at radius 2 is 1.77 bits per heavy atom. The van der Waals surface area contributed by atoms with Crippen LogP contribution in [0.2, 0.25) is 0 Å². The number of rotatable bonds is 8. The minimum absolute atomic E-state index is 0.239. The number of carbonyl (C=O) groups excluding carboxylic acids is 3. The fraction of sp³-hybridized carbons (Fsp3) is 0.409. The third-order valence-electron chi connectivity index (χ3n) is 5.47. The molecule has 1 saturated carbocycles. The minimum Gasteiger partial charge on any atom is -0.347 e. The van der Waals surface area contributed by atoms with E-state index < -0.39 is 23.3 Å². The number of benzene rings is 1. The number of nitrogens with zero attached hydrogens (tertiary/aromatic N) is 3. The smallest absolute Gasteiger partial charge is 0.255 e. The summed E-state index contributed by atoms with van der Waals surface area (Å²) in [6.45, 7) is 6.45. The van der Waals surface area contributed by atoms with Crippen molar-refractivity contribution in [3.8, 4) is 0 Å². The zero-order valence-corrected chi connectivity index (χ0v) is 17.8. The molecule has 1 aliphatic carbocycles. The topological polar surface area (TPSA) is 104 Å². The predicted molar refractivity (Wildman–Crippen MR) is 112 cm³/mol. The van der Waals surface area contributed by atoms with Crippen LogP contribution in [0, 0.1) is 5.82 Å². The first-order chi connectivity index (χ1) is 14.8. The first kappa shape index (κ1) is 22.3. The van der Waals surface area contributed by atoms with E-state index >= 15 is 0 Å². The van der Waals surface area contributed by atoms with E-state index in [1.807, 2.05) is 13.8 Å². The predicted octanol–water partition coefficient (Wildman–Crippen LogP) is 2.24. The van der Waals surface area contributed by atoms with Gasteiger partial charge in [-0.15, -0.1) is 0 Å². The Morgan fingerprint density at radius 1 is 1.13 bits per heavy atom. The number of halogens is 1. The van der Waals surface area contributed by atoms with Gasteiger partial charge in [0, 0.05) is 36.6 Å². The van der Waals surface area contributed by atoms with Gasteiger partial charge in [0.05, 0.1) is 11.6 Å². The molecule has 3 amide bonds. The first-order valence-corrected chi connectivity index (χ1v) is 10.3. The number of aromatic nitrogens is 2. The van der Waals surface area contributed by atoms with Crippen LogP contribution in [0.5, 0.6) is 0 Å². The lowest BCUT2D eigenvalue weighted by Gasteiger charge is -2.22. The van der Waals surface area contributed by atoms with Crippen LogP contribution < -0.4 is 10.6 Å². The second-order valence-electron chi connectivity index (χ2n) is 7.57. The molecule has 1 aromatic carbocycles. The van der Waals surface area contributed by atoms with Crippen molar-refractivity contribution >= 4 is 17.7 Å². The lowest BCUT2D eigenvalue weighted by molar-refractivity contribution is -0.124. The van der Waals surface area contributed by atoms with Crippen LogP contribution in [0.3, 0.4) is 0 Å². The van der Waals surface area contributed by atoms with Gasteiger partial charge in [-0.2, -0.15) is 0 Å². The zero-order valence-electron chi connectivity index (χ0n) is 17.8. The standard InChI is InChI=1S/C22H26FN5O3/c1-4-28(5-2)20(30)15-6-7-17(18(23)10-15)14(3)26-21(31)22(8-9-22)27-19(29)16-11-24-13-25-12-16/h6-7,10-14H,4-5,8-9H2,1-3H3,(H,26,31)(H,27,29)/t14-/m1/s1. The van der Waals surface area contributed by atoms with E-state index in [1.165, 1.54) is 30.9 Å². The molecule has 0 spiro atoms. The highest BCUT2D eigenvalue weighted by atomic mass is 19.1. The van der Waals surface area contributed by atoms with Crippen LogP contribution in [0.15, 0.2) is 36.9 Å². The van der Waals surface area contributed by atoms with Crippen LogP contribution in [0.25, 0.3) is 0 Å². The highest BCUT2D eigenvalue weighted by molar-refractivity contribution is 6.00. The molecule has 1 aromatic heterocycles. The van der Waals surface area contributed by atoms with Crippen molar-refractivity contribution in [2.45, 2.75) is 45.2 Å². The number of hydrogen-bond acceptors (Lipinski definition) is 5. The summed E-state index contributed by atoms with van der Waals surface area (Å²) in [5.74, 6) is -1.63. The molecule has 1 atom stereocenters. The normalized spacial score (nSPS) is 15.0. The van der Waals surface area contributed by atoms with Gasteiger partial charge in [0.2, 0.25) is 5.91 Å². The molecule has 3 rings (SSSR count). The molecule has 2 aromatic rings. The second-order valence-corrected chi connectivity index (χ2v) is 7.57. The number of amides is 3. The average molecular weight is 427 g/mol. The van der Waals surface area contributed by atoms with E-state index in [1.54, 1.807) is 17.9 Å². The van der Waals surface area contributed by atoms with Crippen LogP contribution in [0.1, 0.15) is 65.9 Å². The SMILES string of the molecule is CCN(CC)C(=O)c1ccc([C@@H](C)NC(=O)C2(NC(=O)c3cncnc3)CC2)c(F)c1. The van der Waals surface area contributed by atoms with Gasteiger partial charge in [-0.05, 0) is 45.7 Å². The maximum absolute atomic E-state index is 14.7. The van der Waals surface area contributed by atoms with Gasteiger partial charge in [0.15, 0.2) is 0 Å². The molecule has 2 N–H and O–H groups in total. The fourth-order valence-corrected chi connectivity index (χ4v) is 3.36. The van der Waals surface area contributed by atoms with E-state index in [4.69, 9.17) is 0 Å². The second kappa shape index (κ2) is 9.20. The molecule has 1 fully saturated rings. The summed E-state index contributed by atoms with van der Waals surface area (Å²) in [4.78, 5) is 46.8. The van der Waals surface area contributed by atoms with E-state index in [0.717, 1.165) is 0 Å². The highest BCUT2D eigenvalue weighted by Crippen LogP contribution is 2.36. The van der Waals surface area contributed by atoms with Gasteiger partial charge in [-0.25, -0.2) is 14.4 Å². The van der Waals surface area contributed by atoms with E-state index in [0.29, 0.717) is 25.9 Å². The molecular weight excluding hydrogens is 401 g/mol. The van der Waals surface area contributed by atoms with Gasteiger partial charge in [-0.1, -0.05) is 6.07 Å². The minimum atomic E-state index is -1.02. The van der Waals surface area contributed by atoms with Crippen molar-refractivity contribution < 1.29 is 18.8 Å². The van der Waals surface area contributed by atoms with E-state index in [2.05, 4.69) is 20.6 Å². The Hall–Kier alpha value is -3.36. The van der Waals surface area contributed by atoms with Crippen LogP contribution >= 0.6 is 0 Å². The van der Waals surface area contributed by atoms with Crippen molar-refractivity contribution in [1.82, 2.24) is 25.5 Å². The highest BCUT2D eigenvalue weighted by Gasteiger charge is 2.51. The molecule has 0 aliphatic heterocycles. The first-order valence-electron chi connectivity index (χ1n) is 10.3. The van der Waals surface area contributed by atoms with Crippen LogP contribution in [0.4, 0.5) is 4.39 Å². The fourth-order valence-electron chi connectivity index (χ4n) is 3.36. The molecule has 0 unspecified atom stereocenters. The van der Waals surface area contributed by atoms with Crippen molar-refractivity contribution in [3.63, 3.8) is 0 Å². The third-order valence-corrected chi connectivity index (χ3v) is 5.47. The third kappa shape index (κ3) is 4.87. The molecule has 8 nitrogen and oxygen atoms in total. The summed E-state index contributed by atoms with van der Waals surface area (Å²) < 4.78 is 14.7. The van der Waals surface area contributed by atoms with Gasteiger partial charge < -0.3 is 15.5 Å². The molecule has 0 saturated heterocycles. The summed E-state index contributed by atoms with van der Waals surface area (Å²) in [6.07, 6.45) is 5.04. The number of hydrogen-bond donors (Lipinski definition) is 2. The molecule has 1 aliphatic rings. The maximum Gasteiger partial charge on any atom is 0.255 e. The lowest BCUT2D eigenvalue weighted by Crippen LogP contribution is -2.49. The molecule has 9 heteroatoms. The Labute approximate surface area is 180 Å². The van der Waals surface area contributed by atoms with Gasteiger partial charge in [-0.3, -0.25) is 14.4 Å². The lowest BCUT2D eigenvalue weighted by atomic mass is 10.0. The largest absolute Gasteiger partial charge is 0.347 e. The van der Waals surface area contributed by atoms with Crippen molar-refractivity contribution in [2.24, 2.45) is 0 Å². The van der Waals surface area contributed by atoms with Crippen molar-refractivity contribution in [3.05, 3.63) is 59.4 Å². The van der Waals surface area contributed by atoms with E-state index in [-0.39, 0.29) is 28.5 Å². The van der Waals surface area contributed by atoms with Crippen LogP contribution in [-0.2, 0) is 4.79 Å². The van der Waals surface area contributed by atoms with Gasteiger partial charge in [0.25, 0.3) is 11.8 Å². The average Bonchev–Trinajstić information content (AvgIpc) is 3.55. The van der Waals surface area contributed by atoms with E-state index in [9.17, 15) is 18.8 Å². The molecule has 0 bridgehead atoms. The van der Waals surface area contributed by atoms with Crippen molar-refractivity contribution in [1.29, 1.82) is 0 Å². The zero-order chi connectivity index (χ0) is 22.6. The summed E-state index contributed by atoms with van der Waals surface area (Å²) in [7, 11) is 0.